The van der Waals surface area contributed by atoms with Crippen molar-refractivity contribution in [2.24, 2.45) is 0 Å². The van der Waals surface area contributed by atoms with E-state index < -0.39 is 17.5 Å². The molecule has 0 bridgehead atoms. The summed E-state index contributed by atoms with van der Waals surface area (Å²) >= 11 is 1.63. The van der Waals surface area contributed by atoms with Crippen LogP contribution in [0.4, 0.5) is 4.79 Å². The van der Waals surface area contributed by atoms with Crippen LogP contribution in [-0.4, -0.2) is 35.8 Å². The minimum atomic E-state index is -1.16. The topological polar surface area (TPSA) is 78.5 Å². The first-order valence-corrected chi connectivity index (χ1v) is 10.2. The molecule has 4 amide bonds. The fraction of sp³-hybridized carbons (Fsp3) is 0.381. The van der Waals surface area contributed by atoms with Gasteiger partial charge in [0.1, 0.15) is 12.1 Å². The maximum atomic E-state index is 12.9. The number of nitrogens with one attached hydrogen (secondary N) is 2. The quantitative estimate of drug-likeness (QED) is 0.703. The van der Waals surface area contributed by atoms with E-state index >= 15 is 0 Å². The molecule has 1 aliphatic heterocycles. The summed E-state index contributed by atoms with van der Waals surface area (Å²) in [6.45, 7) is 6.05. The van der Waals surface area contributed by atoms with Gasteiger partial charge in [-0.25, -0.2) is 4.79 Å². The summed E-state index contributed by atoms with van der Waals surface area (Å²) in [4.78, 5) is 39.6. The monoisotopic (exact) mass is 399 g/mol. The fourth-order valence-electron chi connectivity index (χ4n) is 3.22. The highest BCUT2D eigenvalue weighted by Crippen LogP contribution is 2.29. The molecule has 1 aromatic carbocycles. The lowest BCUT2D eigenvalue weighted by Crippen LogP contribution is -2.43. The highest BCUT2D eigenvalue weighted by molar-refractivity contribution is 7.09. The molecular weight excluding hydrogens is 374 g/mol. The van der Waals surface area contributed by atoms with Gasteiger partial charge < -0.3 is 10.6 Å². The van der Waals surface area contributed by atoms with Crippen LogP contribution in [0.2, 0.25) is 0 Å². The van der Waals surface area contributed by atoms with Gasteiger partial charge in [0.2, 0.25) is 5.91 Å². The lowest BCUT2D eigenvalue weighted by molar-refractivity contribution is -0.134. The summed E-state index contributed by atoms with van der Waals surface area (Å²) in [6.07, 6.45) is 0.726. The molecule has 1 aliphatic rings. The van der Waals surface area contributed by atoms with Gasteiger partial charge in [0.25, 0.3) is 5.91 Å². The molecule has 148 valence electrons. The van der Waals surface area contributed by atoms with Crippen molar-refractivity contribution in [2.75, 3.05) is 13.1 Å². The molecule has 2 heterocycles. The molecular formula is C21H25N3O3S. The summed E-state index contributed by atoms with van der Waals surface area (Å²) < 4.78 is 0. The average molecular weight is 400 g/mol. The summed E-state index contributed by atoms with van der Waals surface area (Å²) in [5, 5.41) is 7.49. The molecule has 0 unspecified atom stereocenters. The van der Waals surface area contributed by atoms with Crippen LogP contribution in [-0.2, 0) is 21.5 Å². The Kier molecular flexibility index (Phi) is 5.84. The van der Waals surface area contributed by atoms with Gasteiger partial charge >= 0.3 is 6.03 Å². The van der Waals surface area contributed by atoms with Crippen molar-refractivity contribution in [3.05, 3.63) is 57.8 Å². The predicted molar refractivity (Wildman–Crippen MR) is 109 cm³/mol. The molecule has 0 aliphatic carbocycles. The van der Waals surface area contributed by atoms with Crippen LogP contribution in [0, 0.1) is 0 Å². The second-order valence-electron chi connectivity index (χ2n) is 7.40. The van der Waals surface area contributed by atoms with E-state index in [1.807, 2.05) is 41.8 Å². The Bertz CT molecular complexity index is 862. The molecule has 7 heteroatoms. The van der Waals surface area contributed by atoms with Gasteiger partial charge in [-0.1, -0.05) is 44.2 Å². The molecule has 3 rings (SSSR count). The highest BCUT2D eigenvalue weighted by Gasteiger charge is 2.49. The minimum absolute atomic E-state index is 0.283. The van der Waals surface area contributed by atoms with Crippen molar-refractivity contribution in [2.45, 2.75) is 38.6 Å². The summed E-state index contributed by atoms with van der Waals surface area (Å²) in [6, 6.07) is 11.1. The smallest absolute Gasteiger partial charge is 0.325 e. The van der Waals surface area contributed by atoms with Crippen molar-refractivity contribution < 1.29 is 14.4 Å². The SMILES string of the molecule is CC(C)c1ccc([C@@]2(C)NC(=O)N(CC(=O)NCCc3cccs3)C2=O)cc1. The Morgan fingerprint density at radius 1 is 1.21 bits per heavy atom. The first-order chi connectivity index (χ1) is 13.3. The third-order valence-corrected chi connectivity index (χ3v) is 5.94. The molecule has 0 radical (unpaired) electrons. The number of imide groups is 1. The van der Waals surface area contributed by atoms with Gasteiger partial charge in [0, 0.05) is 11.4 Å². The summed E-state index contributed by atoms with van der Waals surface area (Å²) in [5.74, 6) is -0.382. The van der Waals surface area contributed by atoms with E-state index in [-0.39, 0.29) is 12.5 Å². The molecule has 28 heavy (non-hydrogen) atoms. The number of urea groups is 1. The Hall–Kier alpha value is -2.67. The number of thiophene rings is 1. The standard InChI is InChI=1S/C21H25N3O3S/c1-14(2)15-6-8-16(9-7-15)21(3)19(26)24(20(27)23-21)13-18(25)22-11-10-17-5-4-12-28-17/h4-9,12,14H,10-11,13H2,1-3H3,(H,22,25)(H,23,27)/t21-/m1/s1. The van der Waals surface area contributed by atoms with Gasteiger partial charge in [0.15, 0.2) is 0 Å². The number of carbonyl (C=O) groups excluding carboxylic acids is 3. The van der Waals surface area contributed by atoms with Crippen molar-refractivity contribution in [1.82, 2.24) is 15.5 Å². The van der Waals surface area contributed by atoms with E-state index in [9.17, 15) is 14.4 Å². The Morgan fingerprint density at radius 3 is 2.54 bits per heavy atom. The zero-order chi connectivity index (χ0) is 20.3. The van der Waals surface area contributed by atoms with Crippen molar-refractivity contribution >= 4 is 29.2 Å². The number of hydrogen-bond acceptors (Lipinski definition) is 4. The van der Waals surface area contributed by atoms with Crippen molar-refractivity contribution in [1.29, 1.82) is 0 Å². The molecule has 1 atom stereocenters. The summed E-state index contributed by atoms with van der Waals surface area (Å²) in [5.41, 5.74) is 0.700. The molecule has 2 N–H and O–H groups in total. The predicted octanol–water partition coefficient (Wildman–Crippen LogP) is 3.00. The van der Waals surface area contributed by atoms with Crippen LogP contribution in [0.5, 0.6) is 0 Å². The first-order valence-electron chi connectivity index (χ1n) is 9.35. The van der Waals surface area contributed by atoms with Crippen molar-refractivity contribution in [3.63, 3.8) is 0 Å². The molecule has 1 fully saturated rings. The van der Waals surface area contributed by atoms with Crippen LogP contribution >= 0.6 is 11.3 Å². The normalized spacial score (nSPS) is 19.2. The van der Waals surface area contributed by atoms with Gasteiger partial charge in [-0.05, 0) is 41.8 Å². The number of amides is 4. The fourth-order valence-corrected chi connectivity index (χ4v) is 3.93. The molecule has 0 saturated carbocycles. The van der Waals surface area contributed by atoms with E-state index in [0.29, 0.717) is 18.0 Å². The highest BCUT2D eigenvalue weighted by atomic mass is 32.1. The third kappa shape index (κ3) is 4.09. The van der Waals surface area contributed by atoms with E-state index in [0.717, 1.165) is 16.9 Å². The van der Waals surface area contributed by atoms with Crippen molar-refractivity contribution in [3.8, 4) is 0 Å². The van der Waals surface area contributed by atoms with Gasteiger partial charge in [-0.15, -0.1) is 11.3 Å². The zero-order valence-electron chi connectivity index (χ0n) is 16.3. The molecule has 1 aromatic heterocycles. The maximum absolute atomic E-state index is 12.9. The Morgan fingerprint density at radius 2 is 1.93 bits per heavy atom. The number of hydrogen-bond donors (Lipinski definition) is 2. The molecule has 6 nitrogen and oxygen atoms in total. The Labute approximate surface area is 168 Å². The largest absolute Gasteiger partial charge is 0.354 e. The van der Waals surface area contributed by atoms with Crippen LogP contribution in [0.3, 0.4) is 0 Å². The summed E-state index contributed by atoms with van der Waals surface area (Å²) in [7, 11) is 0. The van der Waals surface area contributed by atoms with Crippen LogP contribution in [0.15, 0.2) is 41.8 Å². The van der Waals surface area contributed by atoms with Crippen LogP contribution in [0.25, 0.3) is 0 Å². The molecule has 2 aromatic rings. The lowest BCUT2D eigenvalue weighted by Gasteiger charge is -2.22. The second-order valence-corrected chi connectivity index (χ2v) is 8.43. The van der Waals surface area contributed by atoms with Gasteiger partial charge in [0.05, 0.1) is 0 Å². The van der Waals surface area contributed by atoms with Crippen LogP contribution < -0.4 is 10.6 Å². The average Bonchev–Trinajstić information content (AvgIpc) is 3.25. The number of benzene rings is 1. The molecule has 0 spiro atoms. The van der Waals surface area contributed by atoms with E-state index in [4.69, 9.17) is 0 Å². The number of carbonyl (C=O) groups is 3. The van der Waals surface area contributed by atoms with Crippen LogP contribution in [0.1, 0.15) is 42.7 Å². The second kappa shape index (κ2) is 8.14. The Balaban J connectivity index is 1.62. The van der Waals surface area contributed by atoms with E-state index in [1.54, 1.807) is 18.3 Å². The third-order valence-electron chi connectivity index (χ3n) is 5.01. The lowest BCUT2D eigenvalue weighted by atomic mass is 9.90. The first kappa shape index (κ1) is 20.1. The zero-order valence-corrected chi connectivity index (χ0v) is 17.1. The van der Waals surface area contributed by atoms with E-state index in [2.05, 4.69) is 24.5 Å². The van der Waals surface area contributed by atoms with Gasteiger partial charge in [-0.2, -0.15) is 0 Å². The molecule has 1 saturated heterocycles. The van der Waals surface area contributed by atoms with E-state index in [1.165, 1.54) is 4.88 Å². The van der Waals surface area contributed by atoms with Gasteiger partial charge in [-0.3, -0.25) is 14.5 Å². The maximum Gasteiger partial charge on any atom is 0.325 e. The minimum Gasteiger partial charge on any atom is -0.354 e. The number of rotatable bonds is 7. The number of nitrogens with zero attached hydrogens (tertiary/aromatic N) is 1.